The first kappa shape index (κ1) is 29.5. The fraction of sp³-hybridized carbons (Fsp3) is 0. The second-order valence-electron chi connectivity index (χ2n) is 13.6. The third kappa shape index (κ3) is 4.73. The summed E-state index contributed by atoms with van der Waals surface area (Å²) in [7, 11) is 0. The summed E-state index contributed by atoms with van der Waals surface area (Å²) in [5.41, 5.74) is 14.3. The molecule has 0 saturated carbocycles. The Bertz CT molecular complexity index is 3150. The van der Waals surface area contributed by atoms with Crippen LogP contribution in [0.25, 0.3) is 99.8 Å². The van der Waals surface area contributed by atoms with Crippen LogP contribution in [0.5, 0.6) is 0 Å². The predicted octanol–water partition coefficient (Wildman–Crippen LogP) is 13.0. The number of benzene rings is 8. The standard InChI is InChI=1S/C49H31N3O/c1-2-10-37(11-3-1)52-46-16-8-6-14-43(46)50-49(52)34-20-18-32(19-21-34)35-24-28-45-41(30-35)39-12-4-7-15-44(39)51(45)38-26-22-33(23-27-38)36-25-29-48-42(31-36)40-13-5-9-17-47(40)53-48/h1-31H. The van der Waals surface area contributed by atoms with E-state index in [9.17, 15) is 0 Å². The zero-order valence-corrected chi connectivity index (χ0v) is 28.6. The number of furan rings is 1. The molecule has 0 aliphatic heterocycles. The van der Waals surface area contributed by atoms with Gasteiger partial charge in [-0.25, -0.2) is 4.98 Å². The van der Waals surface area contributed by atoms with Crippen LogP contribution in [-0.4, -0.2) is 14.1 Å². The number of para-hydroxylation sites is 5. The summed E-state index contributed by atoms with van der Waals surface area (Å²) >= 11 is 0. The van der Waals surface area contributed by atoms with Crippen molar-refractivity contribution in [2.45, 2.75) is 0 Å². The maximum Gasteiger partial charge on any atom is 0.145 e. The lowest BCUT2D eigenvalue weighted by Gasteiger charge is -2.11. The van der Waals surface area contributed by atoms with Crippen molar-refractivity contribution in [2.75, 3.05) is 0 Å². The largest absolute Gasteiger partial charge is 0.456 e. The van der Waals surface area contributed by atoms with Gasteiger partial charge in [-0.05, 0) is 95.1 Å². The molecule has 0 aliphatic carbocycles. The number of rotatable bonds is 5. The van der Waals surface area contributed by atoms with Crippen LogP contribution in [0.15, 0.2) is 192 Å². The zero-order valence-electron chi connectivity index (χ0n) is 28.6. The first-order valence-corrected chi connectivity index (χ1v) is 18.0. The van der Waals surface area contributed by atoms with Crippen molar-refractivity contribution < 1.29 is 4.42 Å². The van der Waals surface area contributed by atoms with E-state index in [2.05, 4.69) is 173 Å². The molecule has 0 aliphatic rings. The maximum atomic E-state index is 6.08. The number of hydrogen-bond acceptors (Lipinski definition) is 2. The van der Waals surface area contributed by atoms with Crippen molar-refractivity contribution in [3.63, 3.8) is 0 Å². The molecule has 0 fully saturated rings. The van der Waals surface area contributed by atoms with Crippen LogP contribution >= 0.6 is 0 Å². The highest BCUT2D eigenvalue weighted by molar-refractivity contribution is 6.10. The fourth-order valence-electron chi connectivity index (χ4n) is 8.01. The Morgan fingerprint density at radius 2 is 0.887 bits per heavy atom. The topological polar surface area (TPSA) is 35.9 Å². The average molecular weight is 678 g/mol. The minimum Gasteiger partial charge on any atom is -0.456 e. The Kier molecular flexibility index (Phi) is 6.52. The molecule has 0 amide bonds. The van der Waals surface area contributed by atoms with Gasteiger partial charge in [0.15, 0.2) is 0 Å². The van der Waals surface area contributed by atoms with E-state index in [0.717, 1.165) is 55.7 Å². The fourth-order valence-corrected chi connectivity index (χ4v) is 8.01. The van der Waals surface area contributed by atoms with E-state index in [4.69, 9.17) is 9.40 Å². The van der Waals surface area contributed by atoms with Crippen molar-refractivity contribution in [3.05, 3.63) is 188 Å². The summed E-state index contributed by atoms with van der Waals surface area (Å²) in [6.07, 6.45) is 0. The molecular formula is C49H31N3O. The zero-order chi connectivity index (χ0) is 34.9. The third-order valence-electron chi connectivity index (χ3n) is 10.6. The van der Waals surface area contributed by atoms with E-state index >= 15 is 0 Å². The molecule has 4 heteroatoms. The molecule has 53 heavy (non-hydrogen) atoms. The van der Waals surface area contributed by atoms with Crippen molar-refractivity contribution in [2.24, 2.45) is 0 Å². The van der Waals surface area contributed by atoms with E-state index < -0.39 is 0 Å². The molecular weight excluding hydrogens is 647 g/mol. The van der Waals surface area contributed by atoms with Gasteiger partial charge in [-0.15, -0.1) is 0 Å². The van der Waals surface area contributed by atoms with Crippen molar-refractivity contribution in [3.8, 4) is 45.0 Å². The third-order valence-corrected chi connectivity index (χ3v) is 10.6. The van der Waals surface area contributed by atoms with Gasteiger partial charge in [0.1, 0.15) is 17.0 Å². The molecule has 0 unspecified atom stereocenters. The molecule has 0 radical (unpaired) electrons. The Labute approximate surface area is 305 Å². The van der Waals surface area contributed by atoms with Gasteiger partial charge in [-0.2, -0.15) is 0 Å². The number of fused-ring (bicyclic) bond motifs is 7. The van der Waals surface area contributed by atoms with E-state index in [1.165, 1.54) is 44.1 Å². The lowest BCUT2D eigenvalue weighted by Crippen LogP contribution is -1.97. The monoisotopic (exact) mass is 677 g/mol. The van der Waals surface area contributed by atoms with Crippen LogP contribution in [0, 0.1) is 0 Å². The Morgan fingerprint density at radius 1 is 0.340 bits per heavy atom. The summed E-state index contributed by atoms with van der Waals surface area (Å²) < 4.78 is 10.7. The van der Waals surface area contributed by atoms with Gasteiger partial charge in [0, 0.05) is 38.5 Å². The molecule has 11 aromatic rings. The van der Waals surface area contributed by atoms with E-state index in [0.29, 0.717) is 0 Å². The van der Waals surface area contributed by atoms with Crippen LogP contribution < -0.4 is 0 Å². The molecule has 0 atom stereocenters. The van der Waals surface area contributed by atoms with Crippen molar-refractivity contribution in [1.29, 1.82) is 0 Å². The molecule has 3 heterocycles. The van der Waals surface area contributed by atoms with Gasteiger partial charge < -0.3 is 8.98 Å². The van der Waals surface area contributed by atoms with E-state index in [1.54, 1.807) is 0 Å². The number of aromatic nitrogens is 3. The van der Waals surface area contributed by atoms with Crippen LogP contribution in [0.4, 0.5) is 0 Å². The van der Waals surface area contributed by atoms with Crippen molar-refractivity contribution in [1.82, 2.24) is 14.1 Å². The molecule has 4 nitrogen and oxygen atoms in total. The second-order valence-corrected chi connectivity index (χ2v) is 13.6. The normalized spacial score (nSPS) is 11.8. The van der Waals surface area contributed by atoms with Crippen LogP contribution in [0.3, 0.4) is 0 Å². The highest BCUT2D eigenvalue weighted by Crippen LogP contribution is 2.37. The Balaban J connectivity index is 0.963. The van der Waals surface area contributed by atoms with Crippen LogP contribution in [0.2, 0.25) is 0 Å². The summed E-state index contributed by atoms with van der Waals surface area (Å²) in [5.74, 6) is 0.934. The van der Waals surface area contributed by atoms with Gasteiger partial charge >= 0.3 is 0 Å². The first-order chi connectivity index (χ1) is 26.3. The maximum absolute atomic E-state index is 6.08. The van der Waals surface area contributed by atoms with Crippen LogP contribution in [-0.2, 0) is 0 Å². The molecule has 0 bridgehead atoms. The lowest BCUT2D eigenvalue weighted by molar-refractivity contribution is 0.669. The highest BCUT2D eigenvalue weighted by atomic mass is 16.3. The first-order valence-electron chi connectivity index (χ1n) is 18.0. The highest BCUT2D eigenvalue weighted by Gasteiger charge is 2.16. The molecule has 11 rings (SSSR count). The summed E-state index contributed by atoms with van der Waals surface area (Å²) in [5, 5.41) is 4.75. The van der Waals surface area contributed by atoms with Gasteiger partial charge in [-0.1, -0.05) is 115 Å². The summed E-state index contributed by atoms with van der Waals surface area (Å²) in [4.78, 5) is 5.07. The van der Waals surface area contributed by atoms with Gasteiger partial charge in [0.2, 0.25) is 0 Å². The van der Waals surface area contributed by atoms with Gasteiger partial charge in [0.05, 0.1) is 22.1 Å². The average Bonchev–Trinajstić information content (AvgIpc) is 3.91. The smallest absolute Gasteiger partial charge is 0.145 e. The summed E-state index contributed by atoms with van der Waals surface area (Å²) in [6, 6.07) is 66.8. The van der Waals surface area contributed by atoms with E-state index in [-0.39, 0.29) is 0 Å². The quantitative estimate of drug-likeness (QED) is 0.182. The molecule has 3 aromatic heterocycles. The molecule has 0 N–H and O–H groups in total. The van der Waals surface area contributed by atoms with Gasteiger partial charge in [0.25, 0.3) is 0 Å². The minimum absolute atomic E-state index is 0.913. The lowest BCUT2D eigenvalue weighted by atomic mass is 10.0. The predicted molar refractivity (Wildman–Crippen MR) is 219 cm³/mol. The van der Waals surface area contributed by atoms with Crippen molar-refractivity contribution >= 4 is 54.8 Å². The molecule has 8 aromatic carbocycles. The van der Waals surface area contributed by atoms with Gasteiger partial charge in [-0.3, -0.25) is 4.57 Å². The van der Waals surface area contributed by atoms with Crippen LogP contribution in [0.1, 0.15) is 0 Å². The van der Waals surface area contributed by atoms with E-state index in [1.807, 2.05) is 24.3 Å². The summed E-state index contributed by atoms with van der Waals surface area (Å²) in [6.45, 7) is 0. The Morgan fingerprint density at radius 3 is 1.70 bits per heavy atom. The minimum atomic E-state index is 0.913. The molecule has 0 spiro atoms. The molecule has 0 saturated heterocycles. The second kappa shape index (κ2) is 11.7. The molecule has 248 valence electrons. The SMILES string of the molecule is c1ccc(-n2c(-c3ccc(-c4ccc5c(c4)c4ccccc4n5-c4ccc(-c5ccc6oc7ccccc7c6c5)cc4)cc3)nc3ccccc32)cc1. The number of imidazole rings is 1. The number of nitrogens with zero attached hydrogens (tertiary/aromatic N) is 3. The Hall–Kier alpha value is -7.17. The number of hydrogen-bond donors (Lipinski definition) is 0.